The summed E-state index contributed by atoms with van der Waals surface area (Å²) in [5.74, 6) is 0.483. The number of phenolic OH excluding ortho intramolecular Hbond substituents is 1. The Morgan fingerprint density at radius 1 is 0.775 bits per heavy atom. The molecule has 0 unspecified atom stereocenters. The van der Waals surface area contributed by atoms with Gasteiger partial charge >= 0.3 is 0 Å². The number of methoxy groups -OCH3 is 1. The van der Waals surface area contributed by atoms with Crippen molar-refractivity contribution in [2.75, 3.05) is 7.11 Å². The van der Waals surface area contributed by atoms with Crippen LogP contribution < -0.4 is 4.74 Å². The van der Waals surface area contributed by atoms with Gasteiger partial charge in [0, 0.05) is 16.8 Å². The molecule has 0 aliphatic rings. The minimum atomic E-state index is -4.35. The van der Waals surface area contributed by atoms with Gasteiger partial charge in [-0.05, 0) is 65.6 Å². The van der Waals surface area contributed by atoms with Crippen molar-refractivity contribution in [1.29, 1.82) is 0 Å². The van der Waals surface area contributed by atoms with E-state index in [0.717, 1.165) is 17.4 Å². The molecule has 0 saturated heterocycles. The number of azo groups is 2. The van der Waals surface area contributed by atoms with Crippen LogP contribution in [-0.2, 0) is 16.5 Å². The number of aromatic hydroxyl groups is 1. The second kappa shape index (κ2) is 10.8. The summed E-state index contributed by atoms with van der Waals surface area (Å²) in [6, 6.07) is 22.5. The lowest BCUT2D eigenvalue weighted by atomic mass is 10.0. The molecule has 0 saturated carbocycles. The number of hydrogen-bond acceptors (Lipinski definition) is 8. The van der Waals surface area contributed by atoms with E-state index in [4.69, 9.17) is 4.74 Å². The van der Waals surface area contributed by atoms with E-state index in [-0.39, 0.29) is 10.6 Å². The van der Waals surface area contributed by atoms with Crippen LogP contribution >= 0.6 is 0 Å². The highest BCUT2D eigenvalue weighted by atomic mass is 32.2. The number of fused-ring (bicyclic) bond motifs is 2. The number of phenols is 1. The Balaban J connectivity index is 1.43. The van der Waals surface area contributed by atoms with E-state index in [2.05, 4.69) is 27.4 Å². The Morgan fingerprint density at radius 3 is 2.25 bits per heavy atom. The molecule has 9 nitrogen and oxygen atoms in total. The van der Waals surface area contributed by atoms with Crippen molar-refractivity contribution in [3.63, 3.8) is 0 Å². The van der Waals surface area contributed by atoms with Crippen LogP contribution in [0.1, 0.15) is 18.1 Å². The summed E-state index contributed by atoms with van der Waals surface area (Å²) in [7, 11) is -2.84. The quantitative estimate of drug-likeness (QED) is 0.153. The lowest BCUT2D eigenvalue weighted by Crippen LogP contribution is -1.98. The van der Waals surface area contributed by atoms with E-state index >= 15 is 0 Å². The second-order valence-corrected chi connectivity index (χ2v) is 10.6. The smallest absolute Gasteiger partial charge is 0.295 e. The second-order valence-electron chi connectivity index (χ2n) is 9.19. The zero-order chi connectivity index (χ0) is 28.4. The van der Waals surface area contributed by atoms with Crippen LogP contribution in [0.3, 0.4) is 0 Å². The SMILES string of the molecule is CCc1ccc2c(O)c(N=Nc3cc(C)c(N=Nc4ccc5c(S(=O)(=O)O)cccc5c4)cc3OC)ccc2c1. The van der Waals surface area contributed by atoms with Crippen LogP contribution in [0.4, 0.5) is 22.7 Å². The van der Waals surface area contributed by atoms with Gasteiger partial charge in [-0.1, -0.05) is 49.4 Å². The highest BCUT2D eigenvalue weighted by molar-refractivity contribution is 7.86. The van der Waals surface area contributed by atoms with Gasteiger partial charge in [0.15, 0.2) is 5.75 Å². The first-order chi connectivity index (χ1) is 19.2. The van der Waals surface area contributed by atoms with Crippen LogP contribution in [0, 0.1) is 6.92 Å². The summed E-state index contributed by atoms with van der Waals surface area (Å²) in [4.78, 5) is -0.165. The molecule has 10 heteroatoms. The molecule has 5 rings (SSSR count). The summed E-state index contributed by atoms with van der Waals surface area (Å²) in [5, 5.41) is 30.6. The van der Waals surface area contributed by atoms with Gasteiger partial charge in [-0.3, -0.25) is 4.55 Å². The molecular weight excluding hydrogens is 528 g/mol. The average molecular weight is 555 g/mol. The van der Waals surface area contributed by atoms with Crippen molar-refractivity contribution < 1.29 is 22.8 Å². The number of nitrogens with zero attached hydrogens (tertiary/aromatic N) is 4. The molecule has 0 amide bonds. The van der Waals surface area contributed by atoms with E-state index in [1.807, 2.05) is 31.2 Å². The minimum Gasteiger partial charge on any atom is -0.505 e. The number of aryl methyl sites for hydroxylation is 2. The van der Waals surface area contributed by atoms with Crippen LogP contribution in [-0.4, -0.2) is 25.2 Å². The molecule has 0 radical (unpaired) electrons. The number of ether oxygens (including phenoxy) is 1. The van der Waals surface area contributed by atoms with Crippen LogP contribution in [0.5, 0.6) is 11.5 Å². The van der Waals surface area contributed by atoms with Crippen molar-refractivity contribution in [2.45, 2.75) is 25.2 Å². The molecule has 0 aliphatic carbocycles. The van der Waals surface area contributed by atoms with E-state index < -0.39 is 10.1 Å². The Kier molecular flexibility index (Phi) is 7.29. The third-order valence-electron chi connectivity index (χ3n) is 6.58. The fourth-order valence-electron chi connectivity index (χ4n) is 4.41. The Hall–Kier alpha value is -4.67. The molecule has 0 aromatic heterocycles. The van der Waals surface area contributed by atoms with Gasteiger partial charge in [-0.15, -0.1) is 10.2 Å². The first kappa shape index (κ1) is 26.9. The highest BCUT2D eigenvalue weighted by Gasteiger charge is 2.14. The fraction of sp³-hybridized carbons (Fsp3) is 0.133. The minimum absolute atomic E-state index is 0.0594. The van der Waals surface area contributed by atoms with Gasteiger partial charge in [-0.25, -0.2) is 0 Å². The molecule has 0 heterocycles. The predicted molar refractivity (Wildman–Crippen MR) is 155 cm³/mol. The summed E-state index contributed by atoms with van der Waals surface area (Å²) < 4.78 is 38.3. The summed E-state index contributed by atoms with van der Waals surface area (Å²) >= 11 is 0. The van der Waals surface area contributed by atoms with Crippen molar-refractivity contribution in [2.24, 2.45) is 20.5 Å². The summed E-state index contributed by atoms with van der Waals surface area (Å²) in [6.45, 7) is 3.93. The van der Waals surface area contributed by atoms with Crippen molar-refractivity contribution in [1.82, 2.24) is 0 Å². The molecule has 0 bridgehead atoms. The van der Waals surface area contributed by atoms with Crippen LogP contribution in [0.25, 0.3) is 21.5 Å². The maximum absolute atomic E-state index is 11.7. The third-order valence-corrected chi connectivity index (χ3v) is 7.49. The van der Waals surface area contributed by atoms with Gasteiger partial charge in [0.1, 0.15) is 22.0 Å². The zero-order valence-electron chi connectivity index (χ0n) is 22.0. The lowest BCUT2D eigenvalue weighted by Gasteiger charge is -2.08. The molecule has 5 aromatic carbocycles. The maximum atomic E-state index is 11.7. The molecule has 40 heavy (non-hydrogen) atoms. The zero-order valence-corrected chi connectivity index (χ0v) is 22.8. The topological polar surface area (TPSA) is 133 Å². The van der Waals surface area contributed by atoms with Crippen molar-refractivity contribution >= 4 is 54.4 Å². The molecule has 0 aliphatic heterocycles. The first-order valence-corrected chi connectivity index (χ1v) is 13.9. The largest absolute Gasteiger partial charge is 0.505 e. The Bertz CT molecular complexity index is 1930. The van der Waals surface area contributed by atoms with E-state index in [9.17, 15) is 18.1 Å². The standard InChI is InChI=1S/C30H26N4O5S/c1-4-19-8-11-24-21(15-19)9-13-25(30(24)35)32-34-27-14-18(2)26(17-28(27)39-3)33-31-22-10-12-23-20(16-22)6-5-7-29(23)40(36,37)38/h5-17,35H,4H2,1-3H3,(H,36,37,38). The molecular formula is C30H26N4O5S. The summed E-state index contributed by atoms with van der Waals surface area (Å²) in [5.41, 5.74) is 3.80. The van der Waals surface area contributed by atoms with Gasteiger partial charge in [0.2, 0.25) is 0 Å². The van der Waals surface area contributed by atoms with Crippen molar-refractivity contribution in [3.8, 4) is 11.5 Å². The number of rotatable bonds is 7. The van der Waals surface area contributed by atoms with Gasteiger partial charge in [0.05, 0.1) is 18.5 Å². The van der Waals surface area contributed by atoms with E-state index in [0.29, 0.717) is 44.7 Å². The summed E-state index contributed by atoms with van der Waals surface area (Å²) in [6.07, 6.45) is 0.910. The highest BCUT2D eigenvalue weighted by Crippen LogP contribution is 2.39. The molecule has 5 aromatic rings. The molecule has 0 spiro atoms. The average Bonchev–Trinajstić information content (AvgIpc) is 2.95. The fourth-order valence-corrected chi connectivity index (χ4v) is 5.13. The van der Waals surface area contributed by atoms with Gasteiger partial charge < -0.3 is 9.84 Å². The third kappa shape index (κ3) is 5.40. The van der Waals surface area contributed by atoms with Gasteiger partial charge in [0.25, 0.3) is 10.1 Å². The van der Waals surface area contributed by atoms with Crippen LogP contribution in [0.15, 0.2) is 104 Å². The van der Waals surface area contributed by atoms with Crippen LogP contribution in [0.2, 0.25) is 0 Å². The van der Waals surface area contributed by atoms with Crippen molar-refractivity contribution in [3.05, 3.63) is 90.0 Å². The monoisotopic (exact) mass is 554 g/mol. The van der Waals surface area contributed by atoms with E-state index in [1.54, 1.807) is 48.5 Å². The molecule has 202 valence electrons. The molecule has 0 fully saturated rings. The number of hydrogen-bond donors (Lipinski definition) is 2. The number of benzene rings is 5. The lowest BCUT2D eigenvalue weighted by molar-refractivity contribution is 0.416. The predicted octanol–water partition coefficient (Wildman–Crippen LogP) is 8.66. The van der Waals surface area contributed by atoms with E-state index in [1.165, 1.54) is 18.7 Å². The first-order valence-electron chi connectivity index (χ1n) is 12.4. The van der Waals surface area contributed by atoms with Gasteiger partial charge in [-0.2, -0.15) is 18.6 Å². The maximum Gasteiger partial charge on any atom is 0.295 e. The Morgan fingerprint density at radius 2 is 1.50 bits per heavy atom. The molecule has 2 N–H and O–H groups in total. The Labute approximate surface area is 231 Å². The molecule has 0 atom stereocenters. The normalized spacial score (nSPS) is 12.2.